The highest BCUT2D eigenvalue weighted by atomic mass is 16.2. The first-order valence-electron chi connectivity index (χ1n) is 6.02. The van der Waals surface area contributed by atoms with E-state index in [1.807, 2.05) is 39.0 Å². The quantitative estimate of drug-likeness (QED) is 0.494. The summed E-state index contributed by atoms with van der Waals surface area (Å²) in [7, 11) is 0. The first-order valence-corrected chi connectivity index (χ1v) is 6.02. The second-order valence-electron chi connectivity index (χ2n) is 5.20. The van der Waals surface area contributed by atoms with Crippen LogP contribution in [0.2, 0.25) is 0 Å². The fraction of sp³-hybridized carbons (Fsp3) is 0.357. The van der Waals surface area contributed by atoms with Crippen molar-refractivity contribution in [2.75, 3.05) is 5.43 Å². The van der Waals surface area contributed by atoms with Crippen LogP contribution >= 0.6 is 0 Å². The number of nitrogens with zero attached hydrogens (tertiary/aromatic N) is 1. The molecule has 0 saturated heterocycles. The van der Waals surface area contributed by atoms with E-state index < -0.39 is 11.4 Å². The summed E-state index contributed by atoms with van der Waals surface area (Å²) >= 11 is 0. The van der Waals surface area contributed by atoms with Crippen molar-refractivity contribution in [1.82, 2.24) is 5.32 Å². The summed E-state index contributed by atoms with van der Waals surface area (Å²) in [5.74, 6) is -0.867. The molecular formula is C14H19N3O2. The number of amides is 1. The number of carbonyl (C=O) groups excluding carboxylic acids is 2. The molecule has 0 spiro atoms. The van der Waals surface area contributed by atoms with E-state index in [1.54, 1.807) is 12.1 Å². The molecule has 0 aliphatic heterocycles. The van der Waals surface area contributed by atoms with E-state index in [1.165, 1.54) is 6.92 Å². The highest BCUT2D eigenvalue weighted by molar-refractivity contribution is 6.65. The maximum Gasteiger partial charge on any atom is 0.275 e. The summed E-state index contributed by atoms with van der Waals surface area (Å²) in [4.78, 5) is 23.4. The third-order valence-electron chi connectivity index (χ3n) is 2.11. The van der Waals surface area contributed by atoms with Crippen LogP contribution < -0.4 is 10.7 Å². The Morgan fingerprint density at radius 1 is 1.11 bits per heavy atom. The number of nitrogens with one attached hydrogen (secondary N) is 2. The summed E-state index contributed by atoms with van der Waals surface area (Å²) in [5, 5.41) is 6.59. The molecule has 0 atom stereocenters. The molecule has 1 aromatic rings. The molecule has 0 aliphatic carbocycles. The third kappa shape index (κ3) is 5.33. The van der Waals surface area contributed by atoms with E-state index in [2.05, 4.69) is 15.8 Å². The number of benzene rings is 1. The number of hydrogen-bond acceptors (Lipinski definition) is 4. The van der Waals surface area contributed by atoms with Crippen LogP contribution in [-0.2, 0) is 9.59 Å². The fourth-order valence-corrected chi connectivity index (χ4v) is 1.32. The molecule has 2 N–H and O–H groups in total. The number of carbonyl (C=O) groups is 2. The van der Waals surface area contributed by atoms with Gasteiger partial charge in [-0.05, 0) is 32.9 Å². The molecule has 0 aliphatic rings. The van der Waals surface area contributed by atoms with Crippen LogP contribution in [0.25, 0.3) is 0 Å². The molecule has 1 aromatic carbocycles. The van der Waals surface area contributed by atoms with E-state index in [-0.39, 0.29) is 11.5 Å². The number of para-hydroxylation sites is 1. The number of rotatable bonds is 4. The molecule has 5 nitrogen and oxygen atoms in total. The minimum absolute atomic E-state index is 0.140. The molecule has 5 heteroatoms. The van der Waals surface area contributed by atoms with Crippen LogP contribution in [-0.4, -0.2) is 22.9 Å². The van der Waals surface area contributed by atoms with Gasteiger partial charge in [0.15, 0.2) is 11.5 Å². The molecule has 0 aromatic heterocycles. The van der Waals surface area contributed by atoms with Crippen molar-refractivity contribution in [3.63, 3.8) is 0 Å². The highest BCUT2D eigenvalue weighted by Gasteiger charge is 2.21. The lowest BCUT2D eigenvalue weighted by Crippen LogP contribution is -2.46. The number of hydrogen-bond donors (Lipinski definition) is 2. The molecule has 1 amide bonds. The van der Waals surface area contributed by atoms with Gasteiger partial charge in [0.25, 0.3) is 5.91 Å². The van der Waals surface area contributed by atoms with Crippen LogP contribution in [0, 0.1) is 0 Å². The Morgan fingerprint density at radius 3 is 2.16 bits per heavy atom. The first-order chi connectivity index (χ1) is 8.79. The van der Waals surface area contributed by atoms with Gasteiger partial charge in [0.05, 0.1) is 5.69 Å². The minimum atomic E-state index is -0.483. The second-order valence-corrected chi connectivity index (χ2v) is 5.20. The zero-order valence-corrected chi connectivity index (χ0v) is 11.7. The van der Waals surface area contributed by atoms with Gasteiger partial charge in [-0.15, -0.1) is 0 Å². The third-order valence-corrected chi connectivity index (χ3v) is 2.11. The predicted octanol–water partition coefficient (Wildman–Crippen LogP) is 1.96. The molecule has 0 heterocycles. The van der Waals surface area contributed by atoms with E-state index in [0.717, 1.165) is 0 Å². The standard InChI is InChI=1S/C14H19N3O2/c1-10(18)12(13(19)15-14(2,3)4)17-16-11-8-6-5-7-9-11/h5-9,16H,1-4H3,(H,15,19)/b17-12-. The van der Waals surface area contributed by atoms with Gasteiger partial charge in [-0.1, -0.05) is 18.2 Å². The Kier molecular flexibility index (Phi) is 4.80. The predicted molar refractivity (Wildman–Crippen MR) is 76.1 cm³/mol. The Morgan fingerprint density at radius 2 is 1.68 bits per heavy atom. The molecule has 0 bridgehead atoms. The van der Waals surface area contributed by atoms with Crippen LogP contribution in [0.5, 0.6) is 0 Å². The van der Waals surface area contributed by atoms with Gasteiger partial charge in [0, 0.05) is 12.5 Å². The minimum Gasteiger partial charge on any atom is -0.346 e. The van der Waals surface area contributed by atoms with E-state index in [9.17, 15) is 9.59 Å². The normalized spacial score (nSPS) is 11.9. The van der Waals surface area contributed by atoms with Gasteiger partial charge in [0.2, 0.25) is 0 Å². The molecule has 0 unspecified atom stereocenters. The van der Waals surface area contributed by atoms with Gasteiger partial charge in [0.1, 0.15) is 0 Å². The van der Waals surface area contributed by atoms with Gasteiger partial charge in [-0.2, -0.15) is 5.10 Å². The monoisotopic (exact) mass is 261 g/mol. The highest BCUT2D eigenvalue weighted by Crippen LogP contribution is 2.05. The van der Waals surface area contributed by atoms with Crippen molar-refractivity contribution < 1.29 is 9.59 Å². The fourth-order valence-electron chi connectivity index (χ4n) is 1.32. The molecule has 0 saturated carbocycles. The maximum absolute atomic E-state index is 11.9. The maximum atomic E-state index is 11.9. The topological polar surface area (TPSA) is 70.6 Å². The largest absolute Gasteiger partial charge is 0.346 e. The van der Waals surface area contributed by atoms with Crippen LogP contribution in [0.1, 0.15) is 27.7 Å². The summed E-state index contributed by atoms with van der Waals surface area (Å²) in [6, 6.07) is 9.12. The lowest BCUT2D eigenvalue weighted by Gasteiger charge is -2.20. The second kappa shape index (κ2) is 6.13. The van der Waals surface area contributed by atoms with E-state index in [4.69, 9.17) is 0 Å². The Balaban J connectivity index is 2.83. The van der Waals surface area contributed by atoms with Crippen LogP contribution in [0.3, 0.4) is 0 Å². The van der Waals surface area contributed by atoms with Gasteiger partial charge in [-0.25, -0.2) is 0 Å². The average molecular weight is 261 g/mol. The number of ketones is 1. The number of Topliss-reactive ketones (excluding diaryl/α,β-unsaturated/α-hetero) is 1. The van der Waals surface area contributed by atoms with Gasteiger partial charge in [-0.3, -0.25) is 15.0 Å². The van der Waals surface area contributed by atoms with Crippen LogP contribution in [0.15, 0.2) is 35.4 Å². The first kappa shape index (κ1) is 14.9. The molecule has 0 fully saturated rings. The lowest BCUT2D eigenvalue weighted by molar-refractivity contribution is -0.118. The van der Waals surface area contributed by atoms with Crippen molar-refractivity contribution in [3.05, 3.63) is 30.3 Å². The summed E-state index contributed by atoms with van der Waals surface area (Å²) in [5.41, 5.74) is 2.86. The lowest BCUT2D eigenvalue weighted by atomic mass is 10.1. The zero-order valence-electron chi connectivity index (χ0n) is 11.7. The van der Waals surface area contributed by atoms with Crippen LogP contribution in [0.4, 0.5) is 5.69 Å². The smallest absolute Gasteiger partial charge is 0.275 e. The summed E-state index contributed by atoms with van der Waals surface area (Å²) in [6.45, 7) is 6.83. The zero-order chi connectivity index (χ0) is 14.5. The van der Waals surface area contributed by atoms with Crippen molar-refractivity contribution in [3.8, 4) is 0 Å². The molecular weight excluding hydrogens is 242 g/mol. The molecule has 102 valence electrons. The van der Waals surface area contributed by atoms with E-state index in [0.29, 0.717) is 5.69 Å². The molecule has 1 rings (SSSR count). The Hall–Kier alpha value is -2.17. The van der Waals surface area contributed by atoms with Gasteiger partial charge < -0.3 is 5.32 Å². The number of hydrazone groups is 1. The van der Waals surface area contributed by atoms with Gasteiger partial charge >= 0.3 is 0 Å². The Bertz CT molecular complexity index is 487. The number of anilines is 1. The molecule has 0 radical (unpaired) electrons. The van der Waals surface area contributed by atoms with E-state index >= 15 is 0 Å². The van der Waals surface area contributed by atoms with Crippen molar-refractivity contribution in [2.24, 2.45) is 5.10 Å². The SMILES string of the molecule is CC(=O)/C(=N/Nc1ccccc1)C(=O)NC(C)(C)C. The van der Waals surface area contributed by atoms with Crippen molar-refractivity contribution >= 4 is 23.1 Å². The molecule has 19 heavy (non-hydrogen) atoms. The Labute approximate surface area is 113 Å². The van der Waals surface area contributed by atoms with Crippen molar-refractivity contribution in [2.45, 2.75) is 33.2 Å². The average Bonchev–Trinajstić information content (AvgIpc) is 2.27. The summed E-state index contributed by atoms with van der Waals surface area (Å²) in [6.07, 6.45) is 0. The summed E-state index contributed by atoms with van der Waals surface area (Å²) < 4.78 is 0. The van der Waals surface area contributed by atoms with Crippen molar-refractivity contribution in [1.29, 1.82) is 0 Å².